The molecule has 0 bridgehead atoms. The molecule has 0 aliphatic carbocycles. The predicted molar refractivity (Wildman–Crippen MR) is 140 cm³/mol. The van der Waals surface area contributed by atoms with Gasteiger partial charge in [0, 0.05) is 30.9 Å². The van der Waals surface area contributed by atoms with Gasteiger partial charge in [-0.2, -0.15) is 0 Å². The monoisotopic (exact) mass is 503 g/mol. The number of nitrogens with one attached hydrogen (secondary N) is 1. The van der Waals surface area contributed by atoms with E-state index in [1.54, 1.807) is 11.1 Å². The molecule has 3 aromatic rings. The van der Waals surface area contributed by atoms with Crippen molar-refractivity contribution in [2.45, 2.75) is 38.6 Å². The van der Waals surface area contributed by atoms with Crippen LogP contribution in [-0.2, 0) is 17.6 Å². The molecule has 1 N–H and O–H groups in total. The lowest BCUT2D eigenvalue weighted by atomic mass is 10.0. The van der Waals surface area contributed by atoms with Crippen LogP contribution in [0.5, 0.6) is 0 Å². The van der Waals surface area contributed by atoms with Crippen molar-refractivity contribution in [3.8, 4) is 0 Å². The first-order valence-corrected chi connectivity index (χ1v) is 12.9. The molecule has 2 saturated heterocycles. The van der Waals surface area contributed by atoms with Crippen LogP contribution in [-0.4, -0.2) is 52.9 Å². The maximum atomic E-state index is 13.4. The minimum atomic E-state index is -0.188. The molecule has 0 radical (unpaired) electrons. The summed E-state index contributed by atoms with van der Waals surface area (Å²) in [6.07, 6.45) is 5.08. The molecule has 1 atom stereocenters. The van der Waals surface area contributed by atoms with Crippen LogP contribution in [0.4, 0.5) is 5.95 Å². The number of rotatable bonds is 6. The van der Waals surface area contributed by atoms with Crippen molar-refractivity contribution in [1.29, 1.82) is 0 Å². The summed E-state index contributed by atoms with van der Waals surface area (Å²) < 4.78 is 0. The molecule has 36 heavy (non-hydrogen) atoms. The molecule has 2 aliphatic heterocycles. The number of aryl methyl sites for hydroxylation is 3. The van der Waals surface area contributed by atoms with Gasteiger partial charge in [0.2, 0.25) is 11.9 Å². The van der Waals surface area contributed by atoms with Gasteiger partial charge in [0.1, 0.15) is 0 Å². The first-order valence-electron chi connectivity index (χ1n) is 12.5. The first-order chi connectivity index (χ1) is 17.5. The van der Waals surface area contributed by atoms with Gasteiger partial charge in [-0.05, 0) is 61.4 Å². The fraction of sp³-hybridized carbons (Fsp3) is 0.357. The van der Waals surface area contributed by atoms with Crippen molar-refractivity contribution in [2.75, 3.05) is 31.1 Å². The van der Waals surface area contributed by atoms with E-state index in [1.165, 1.54) is 16.7 Å². The zero-order valence-electron chi connectivity index (χ0n) is 20.4. The molecule has 0 spiro atoms. The lowest BCUT2D eigenvalue weighted by Gasteiger charge is -2.28. The molecule has 3 heterocycles. The Morgan fingerprint density at radius 2 is 1.92 bits per heavy atom. The predicted octanol–water partition coefficient (Wildman–Crippen LogP) is 4.14. The Bertz CT molecular complexity index is 1260. The summed E-state index contributed by atoms with van der Waals surface area (Å²) in [6.45, 7) is 3.94. The molecular formula is C28H30ClN5O2. The van der Waals surface area contributed by atoms with E-state index >= 15 is 0 Å². The van der Waals surface area contributed by atoms with Crippen LogP contribution in [0, 0.1) is 6.92 Å². The molecule has 2 aromatic carbocycles. The number of hydrogen-bond donors (Lipinski definition) is 1. The summed E-state index contributed by atoms with van der Waals surface area (Å²) in [7, 11) is 0. The molecule has 5 rings (SSSR count). The van der Waals surface area contributed by atoms with Crippen molar-refractivity contribution in [2.24, 2.45) is 0 Å². The minimum Gasteiger partial charge on any atom is -0.353 e. The van der Waals surface area contributed by atoms with E-state index in [0.29, 0.717) is 36.0 Å². The van der Waals surface area contributed by atoms with Gasteiger partial charge in [0.15, 0.2) is 0 Å². The number of halogens is 1. The number of anilines is 1. The minimum absolute atomic E-state index is 0.0581. The van der Waals surface area contributed by atoms with E-state index in [1.807, 2.05) is 24.3 Å². The topological polar surface area (TPSA) is 78.4 Å². The van der Waals surface area contributed by atoms with Crippen molar-refractivity contribution < 1.29 is 9.59 Å². The molecule has 186 valence electrons. The number of benzene rings is 2. The molecule has 2 aliphatic rings. The fourth-order valence-electron chi connectivity index (χ4n) is 5.08. The highest BCUT2D eigenvalue weighted by atomic mass is 35.5. The van der Waals surface area contributed by atoms with E-state index in [4.69, 9.17) is 16.6 Å². The number of amides is 2. The molecule has 7 nitrogen and oxygen atoms in total. The Morgan fingerprint density at radius 1 is 1.11 bits per heavy atom. The molecular weight excluding hydrogens is 474 g/mol. The van der Waals surface area contributed by atoms with E-state index in [9.17, 15) is 9.59 Å². The van der Waals surface area contributed by atoms with Gasteiger partial charge in [0.25, 0.3) is 5.91 Å². The van der Waals surface area contributed by atoms with E-state index in [0.717, 1.165) is 31.5 Å². The maximum absolute atomic E-state index is 13.4. The Balaban J connectivity index is 1.46. The van der Waals surface area contributed by atoms with Crippen molar-refractivity contribution in [3.63, 3.8) is 0 Å². The third kappa shape index (κ3) is 5.21. The van der Waals surface area contributed by atoms with Crippen molar-refractivity contribution in [3.05, 3.63) is 87.7 Å². The summed E-state index contributed by atoms with van der Waals surface area (Å²) in [6, 6.07) is 16.4. The molecule has 1 aromatic heterocycles. The van der Waals surface area contributed by atoms with Gasteiger partial charge in [0.05, 0.1) is 23.8 Å². The van der Waals surface area contributed by atoms with Crippen molar-refractivity contribution in [1.82, 2.24) is 20.2 Å². The zero-order valence-corrected chi connectivity index (χ0v) is 21.2. The highest BCUT2D eigenvalue weighted by Crippen LogP contribution is 2.35. The number of piperazine rings is 1. The summed E-state index contributed by atoms with van der Waals surface area (Å²) >= 11 is 6.11. The van der Waals surface area contributed by atoms with Gasteiger partial charge in [-0.15, -0.1) is 0 Å². The third-order valence-electron chi connectivity index (χ3n) is 7.07. The smallest absolute Gasteiger partial charge is 0.257 e. The van der Waals surface area contributed by atoms with Crippen LogP contribution in [0.1, 0.15) is 51.6 Å². The van der Waals surface area contributed by atoms with Gasteiger partial charge < -0.3 is 15.1 Å². The summed E-state index contributed by atoms with van der Waals surface area (Å²) in [5, 5.41) is 3.49. The van der Waals surface area contributed by atoms with Crippen LogP contribution in [0.15, 0.2) is 54.7 Å². The van der Waals surface area contributed by atoms with E-state index < -0.39 is 0 Å². The summed E-state index contributed by atoms with van der Waals surface area (Å²) in [5.41, 5.74) is 4.83. The Hall–Kier alpha value is -3.45. The maximum Gasteiger partial charge on any atom is 0.257 e. The van der Waals surface area contributed by atoms with Gasteiger partial charge >= 0.3 is 0 Å². The molecule has 0 unspecified atom stereocenters. The Labute approximate surface area is 216 Å². The number of carbonyl (C=O) groups is 2. The number of hydrogen-bond acceptors (Lipinski definition) is 5. The molecule has 2 fully saturated rings. The third-order valence-corrected chi connectivity index (χ3v) is 7.32. The summed E-state index contributed by atoms with van der Waals surface area (Å²) in [5.74, 6) is 0.309. The highest BCUT2D eigenvalue weighted by Gasteiger charge is 2.30. The quantitative estimate of drug-likeness (QED) is 0.547. The standard InChI is InChI=1S/C28H30ClN5O2/c1-19-5-2-3-6-20(19)10-13-24-23(27(36)33-16-14-30-26(35)18-33)17-31-28(32-24)34-15-4-7-25(34)21-8-11-22(29)12-9-21/h2-3,5-6,8-9,11-12,17,25H,4,7,10,13-16,18H2,1H3,(H,30,35)/t25-/m0/s1. The molecule has 2 amide bonds. The van der Waals surface area contributed by atoms with Crippen LogP contribution in [0.25, 0.3) is 0 Å². The number of aromatic nitrogens is 2. The second kappa shape index (κ2) is 10.7. The van der Waals surface area contributed by atoms with E-state index in [-0.39, 0.29) is 24.4 Å². The number of nitrogens with zero attached hydrogens (tertiary/aromatic N) is 4. The average molecular weight is 504 g/mol. The Kier molecular flexibility index (Phi) is 7.18. The largest absolute Gasteiger partial charge is 0.353 e. The van der Waals surface area contributed by atoms with Crippen LogP contribution < -0.4 is 10.2 Å². The second-order valence-electron chi connectivity index (χ2n) is 9.44. The first kappa shape index (κ1) is 24.3. The highest BCUT2D eigenvalue weighted by molar-refractivity contribution is 6.30. The lowest BCUT2D eigenvalue weighted by Crippen LogP contribution is -2.50. The lowest BCUT2D eigenvalue weighted by molar-refractivity contribution is -0.123. The SMILES string of the molecule is Cc1ccccc1CCc1nc(N2CCC[C@H]2c2ccc(Cl)cc2)ncc1C(=O)N1CCNC(=O)C1. The van der Waals surface area contributed by atoms with Gasteiger partial charge in [-0.25, -0.2) is 9.97 Å². The van der Waals surface area contributed by atoms with Gasteiger partial charge in [-0.1, -0.05) is 48.0 Å². The average Bonchev–Trinajstić information content (AvgIpc) is 3.38. The number of carbonyl (C=O) groups excluding carboxylic acids is 2. The van der Waals surface area contributed by atoms with Crippen LogP contribution >= 0.6 is 11.6 Å². The van der Waals surface area contributed by atoms with E-state index in [2.05, 4.69) is 46.4 Å². The molecule has 0 saturated carbocycles. The summed E-state index contributed by atoms with van der Waals surface area (Å²) in [4.78, 5) is 38.8. The van der Waals surface area contributed by atoms with Crippen molar-refractivity contribution >= 4 is 29.4 Å². The Morgan fingerprint density at radius 3 is 2.69 bits per heavy atom. The zero-order chi connectivity index (χ0) is 25.1. The fourth-order valence-corrected chi connectivity index (χ4v) is 5.20. The van der Waals surface area contributed by atoms with Gasteiger partial charge in [-0.3, -0.25) is 9.59 Å². The second-order valence-corrected chi connectivity index (χ2v) is 9.87. The van der Waals surface area contributed by atoms with Crippen LogP contribution in [0.2, 0.25) is 5.02 Å². The normalized spacial score (nSPS) is 17.8. The molecule has 8 heteroatoms. The van der Waals surface area contributed by atoms with Crippen LogP contribution in [0.3, 0.4) is 0 Å².